The number of hydrogen-bond donors (Lipinski definition) is 1. The summed E-state index contributed by atoms with van der Waals surface area (Å²) >= 11 is 0. The Morgan fingerprint density at radius 2 is 2.12 bits per heavy atom. The van der Waals surface area contributed by atoms with Gasteiger partial charge in [0.1, 0.15) is 12.6 Å². The molecule has 134 valence electrons. The average molecular weight is 351 g/mol. The predicted molar refractivity (Wildman–Crippen MR) is 98.0 cm³/mol. The zero-order valence-electron chi connectivity index (χ0n) is 14.4. The Balaban J connectivity index is 1.41. The lowest BCUT2D eigenvalue weighted by atomic mass is 10.1. The summed E-state index contributed by atoms with van der Waals surface area (Å²) in [5.74, 6) is 0.506. The number of aromatic nitrogens is 2. The minimum absolute atomic E-state index is 0.0344. The van der Waals surface area contributed by atoms with Gasteiger partial charge >= 0.3 is 0 Å². The van der Waals surface area contributed by atoms with Crippen molar-refractivity contribution in [3.8, 4) is 5.88 Å². The summed E-state index contributed by atoms with van der Waals surface area (Å²) in [7, 11) is 0. The quantitative estimate of drug-likeness (QED) is 0.767. The van der Waals surface area contributed by atoms with Crippen molar-refractivity contribution in [1.29, 1.82) is 0 Å². The maximum absolute atomic E-state index is 12.6. The van der Waals surface area contributed by atoms with Crippen molar-refractivity contribution >= 4 is 16.8 Å². The summed E-state index contributed by atoms with van der Waals surface area (Å²) in [6, 6.07) is 15.5. The second-order valence-electron chi connectivity index (χ2n) is 6.36. The van der Waals surface area contributed by atoms with Gasteiger partial charge in [0.25, 0.3) is 0 Å². The maximum atomic E-state index is 12.6. The van der Waals surface area contributed by atoms with Gasteiger partial charge in [0, 0.05) is 30.6 Å². The van der Waals surface area contributed by atoms with Crippen molar-refractivity contribution in [3.63, 3.8) is 0 Å². The largest absolute Gasteiger partial charge is 0.470 e. The molecule has 0 bridgehead atoms. The van der Waals surface area contributed by atoms with Crippen LogP contribution >= 0.6 is 0 Å². The lowest BCUT2D eigenvalue weighted by Crippen LogP contribution is -2.52. The number of hydrogen-bond acceptors (Lipinski definition) is 4. The first-order valence-electron chi connectivity index (χ1n) is 8.78. The molecule has 3 aromatic rings. The number of carbonyl (C=O) groups excluding carboxylic acids is 1. The second-order valence-corrected chi connectivity index (χ2v) is 6.36. The Morgan fingerprint density at radius 3 is 3.00 bits per heavy atom. The molecule has 0 spiro atoms. The SMILES string of the molecule is O=C(Cn1ccc2ccccc21)N[C@@H]1CCOC[C@H]1Oc1ccccn1. The predicted octanol–water partition coefficient (Wildman–Crippen LogP) is 2.39. The summed E-state index contributed by atoms with van der Waals surface area (Å²) in [5, 5.41) is 4.23. The minimum Gasteiger partial charge on any atom is -0.470 e. The molecule has 1 fully saturated rings. The standard InChI is InChI=1S/C20H21N3O3/c24-19(13-23-11-8-15-5-1-2-6-17(15)23)22-16-9-12-25-14-18(16)26-20-7-3-4-10-21-20/h1-8,10-11,16,18H,9,12-14H2,(H,22,24)/t16-,18-/m1/s1. The van der Waals surface area contributed by atoms with Gasteiger partial charge in [-0.05, 0) is 30.0 Å². The van der Waals surface area contributed by atoms with Crippen molar-refractivity contribution in [1.82, 2.24) is 14.9 Å². The number of pyridine rings is 1. The van der Waals surface area contributed by atoms with E-state index in [9.17, 15) is 4.79 Å². The summed E-state index contributed by atoms with van der Waals surface area (Å²) < 4.78 is 13.4. The summed E-state index contributed by atoms with van der Waals surface area (Å²) in [6.07, 6.45) is 4.10. The fourth-order valence-electron chi connectivity index (χ4n) is 3.25. The van der Waals surface area contributed by atoms with E-state index in [1.54, 1.807) is 12.3 Å². The summed E-state index contributed by atoms with van der Waals surface area (Å²) in [4.78, 5) is 16.8. The van der Waals surface area contributed by atoms with E-state index < -0.39 is 0 Å². The normalized spacial score (nSPS) is 20.0. The number of benzene rings is 1. The molecular formula is C20H21N3O3. The molecule has 0 unspecified atom stereocenters. The van der Waals surface area contributed by atoms with E-state index in [1.165, 1.54) is 0 Å². The number of fused-ring (bicyclic) bond motifs is 1. The number of carbonyl (C=O) groups is 1. The first kappa shape index (κ1) is 16.6. The van der Waals surface area contributed by atoms with Crippen LogP contribution in [0.3, 0.4) is 0 Å². The van der Waals surface area contributed by atoms with E-state index in [0.29, 0.717) is 19.1 Å². The number of amides is 1. The number of nitrogens with zero attached hydrogens (tertiary/aromatic N) is 2. The number of nitrogens with one attached hydrogen (secondary N) is 1. The number of para-hydroxylation sites is 1. The summed E-state index contributed by atoms with van der Waals surface area (Å²) in [5.41, 5.74) is 1.05. The number of rotatable bonds is 5. The third kappa shape index (κ3) is 3.70. The first-order valence-corrected chi connectivity index (χ1v) is 8.78. The molecule has 26 heavy (non-hydrogen) atoms. The van der Waals surface area contributed by atoms with E-state index in [0.717, 1.165) is 17.3 Å². The Bertz CT molecular complexity index is 878. The van der Waals surface area contributed by atoms with Gasteiger partial charge in [-0.1, -0.05) is 24.3 Å². The monoisotopic (exact) mass is 351 g/mol. The van der Waals surface area contributed by atoms with Crippen LogP contribution in [0.25, 0.3) is 10.9 Å². The van der Waals surface area contributed by atoms with Crippen LogP contribution in [0.4, 0.5) is 0 Å². The van der Waals surface area contributed by atoms with Gasteiger partial charge in [-0.25, -0.2) is 4.98 Å². The molecule has 0 radical (unpaired) electrons. The average Bonchev–Trinajstić information content (AvgIpc) is 3.07. The topological polar surface area (TPSA) is 65.4 Å². The third-order valence-electron chi connectivity index (χ3n) is 4.55. The molecular weight excluding hydrogens is 330 g/mol. The Kier molecular flexibility index (Phi) is 4.84. The molecule has 2 atom stereocenters. The zero-order chi connectivity index (χ0) is 17.8. The zero-order valence-corrected chi connectivity index (χ0v) is 14.4. The molecule has 0 aliphatic carbocycles. The first-order chi connectivity index (χ1) is 12.8. The molecule has 1 N–H and O–H groups in total. The van der Waals surface area contributed by atoms with Crippen LogP contribution in [0.2, 0.25) is 0 Å². The van der Waals surface area contributed by atoms with E-state index >= 15 is 0 Å². The van der Waals surface area contributed by atoms with Crippen LogP contribution < -0.4 is 10.1 Å². The highest BCUT2D eigenvalue weighted by Crippen LogP contribution is 2.17. The van der Waals surface area contributed by atoms with Gasteiger partial charge < -0.3 is 19.4 Å². The van der Waals surface area contributed by atoms with Crippen LogP contribution in [-0.2, 0) is 16.1 Å². The third-order valence-corrected chi connectivity index (χ3v) is 4.55. The second kappa shape index (κ2) is 7.58. The van der Waals surface area contributed by atoms with Crippen molar-refractivity contribution in [3.05, 3.63) is 60.9 Å². The molecule has 1 aromatic carbocycles. The molecule has 6 nitrogen and oxygen atoms in total. The van der Waals surface area contributed by atoms with E-state index in [4.69, 9.17) is 9.47 Å². The van der Waals surface area contributed by atoms with E-state index in [2.05, 4.69) is 10.3 Å². The van der Waals surface area contributed by atoms with Crippen LogP contribution in [-0.4, -0.2) is 40.8 Å². The Hall–Kier alpha value is -2.86. The maximum Gasteiger partial charge on any atom is 0.240 e. The van der Waals surface area contributed by atoms with Gasteiger partial charge in [-0.15, -0.1) is 0 Å². The smallest absolute Gasteiger partial charge is 0.240 e. The van der Waals surface area contributed by atoms with Gasteiger partial charge in [0.05, 0.1) is 12.6 Å². The lowest BCUT2D eigenvalue weighted by Gasteiger charge is -2.32. The highest BCUT2D eigenvalue weighted by Gasteiger charge is 2.29. The van der Waals surface area contributed by atoms with Crippen molar-refractivity contribution in [2.24, 2.45) is 0 Å². The number of ether oxygens (including phenoxy) is 2. The fraction of sp³-hybridized carbons (Fsp3) is 0.300. The van der Waals surface area contributed by atoms with Gasteiger partial charge in [0.15, 0.2) is 0 Å². The molecule has 1 aliphatic rings. The molecule has 1 amide bonds. The molecule has 2 aromatic heterocycles. The molecule has 6 heteroatoms. The highest BCUT2D eigenvalue weighted by molar-refractivity contribution is 5.83. The molecule has 1 saturated heterocycles. The van der Waals surface area contributed by atoms with Crippen LogP contribution in [0, 0.1) is 0 Å². The Labute approximate surface area is 151 Å². The van der Waals surface area contributed by atoms with E-state index in [1.807, 2.05) is 53.2 Å². The minimum atomic E-state index is -0.246. The van der Waals surface area contributed by atoms with Crippen LogP contribution in [0.5, 0.6) is 5.88 Å². The van der Waals surface area contributed by atoms with Crippen molar-refractivity contribution < 1.29 is 14.3 Å². The van der Waals surface area contributed by atoms with Crippen LogP contribution in [0.1, 0.15) is 6.42 Å². The van der Waals surface area contributed by atoms with Gasteiger partial charge in [-0.2, -0.15) is 0 Å². The molecule has 3 heterocycles. The Morgan fingerprint density at radius 1 is 1.23 bits per heavy atom. The van der Waals surface area contributed by atoms with E-state index in [-0.39, 0.29) is 24.6 Å². The fourth-order valence-corrected chi connectivity index (χ4v) is 3.25. The van der Waals surface area contributed by atoms with Crippen molar-refractivity contribution in [2.45, 2.75) is 25.1 Å². The van der Waals surface area contributed by atoms with Gasteiger partial charge in [0.2, 0.25) is 11.8 Å². The lowest BCUT2D eigenvalue weighted by molar-refractivity contribution is -0.124. The van der Waals surface area contributed by atoms with Gasteiger partial charge in [-0.3, -0.25) is 4.79 Å². The molecule has 0 saturated carbocycles. The van der Waals surface area contributed by atoms with Crippen LogP contribution in [0.15, 0.2) is 60.9 Å². The molecule has 1 aliphatic heterocycles. The highest BCUT2D eigenvalue weighted by atomic mass is 16.5. The summed E-state index contributed by atoms with van der Waals surface area (Å²) in [6.45, 7) is 1.33. The van der Waals surface area contributed by atoms with Crippen molar-refractivity contribution in [2.75, 3.05) is 13.2 Å². The molecule has 4 rings (SSSR count).